The number of nitrogens with one attached hydrogen (secondary N) is 1. The zero-order chi connectivity index (χ0) is 17.8. The normalized spacial score (nSPS) is 17.4. The van der Waals surface area contributed by atoms with Gasteiger partial charge in [0, 0.05) is 37.9 Å². The molecule has 7 heteroatoms. The van der Waals surface area contributed by atoms with Crippen molar-refractivity contribution < 1.29 is 18.0 Å². The van der Waals surface area contributed by atoms with Gasteiger partial charge < -0.3 is 9.73 Å². The van der Waals surface area contributed by atoms with Crippen molar-refractivity contribution in [3.8, 4) is 0 Å². The Labute approximate surface area is 145 Å². The summed E-state index contributed by atoms with van der Waals surface area (Å²) in [5.74, 6) is -1.21. The predicted octanol–water partition coefficient (Wildman–Crippen LogP) is 2.70. The average Bonchev–Trinajstić information content (AvgIpc) is 3.11. The Morgan fingerprint density at radius 1 is 1.20 bits per heavy atom. The van der Waals surface area contributed by atoms with Crippen LogP contribution in [0.5, 0.6) is 0 Å². The van der Waals surface area contributed by atoms with E-state index in [0.717, 1.165) is 50.6 Å². The number of furan rings is 1. The molecule has 134 valence electrons. The Balaban J connectivity index is 1.50. The molecule has 2 heterocycles. The quantitative estimate of drug-likeness (QED) is 0.902. The summed E-state index contributed by atoms with van der Waals surface area (Å²) in [5, 5.41) is 2.64. The maximum atomic E-state index is 13.2. The molecule has 1 saturated heterocycles. The van der Waals surface area contributed by atoms with Gasteiger partial charge in [-0.3, -0.25) is 14.6 Å². The molecule has 0 aliphatic carbocycles. The zero-order valence-electron chi connectivity index (χ0n) is 14.0. The minimum Gasteiger partial charge on any atom is -0.468 e. The summed E-state index contributed by atoms with van der Waals surface area (Å²) in [4.78, 5) is 16.7. The third-order valence-corrected chi connectivity index (χ3v) is 4.48. The van der Waals surface area contributed by atoms with Crippen molar-refractivity contribution in [3.63, 3.8) is 0 Å². The molecule has 1 fully saturated rings. The van der Waals surface area contributed by atoms with E-state index in [1.54, 1.807) is 6.26 Å². The topological polar surface area (TPSA) is 48.7 Å². The maximum Gasteiger partial charge on any atom is 0.241 e. The van der Waals surface area contributed by atoms with Crippen LogP contribution in [-0.2, 0) is 11.3 Å². The van der Waals surface area contributed by atoms with E-state index in [1.165, 1.54) is 6.07 Å². The van der Waals surface area contributed by atoms with Gasteiger partial charge in [0.15, 0.2) is 11.6 Å². The predicted molar refractivity (Wildman–Crippen MR) is 90.0 cm³/mol. The van der Waals surface area contributed by atoms with Gasteiger partial charge in [0.05, 0.1) is 18.8 Å². The van der Waals surface area contributed by atoms with Crippen molar-refractivity contribution in [1.82, 2.24) is 9.80 Å². The molecule has 1 aliphatic heterocycles. The molecular formula is C18H21F2N3O2. The molecule has 0 unspecified atom stereocenters. The summed E-state index contributed by atoms with van der Waals surface area (Å²) in [7, 11) is 0. The molecule has 1 amide bonds. The maximum absolute atomic E-state index is 13.2. The second-order valence-electron chi connectivity index (χ2n) is 6.19. The molecule has 0 bridgehead atoms. The van der Waals surface area contributed by atoms with Crippen molar-refractivity contribution in [2.24, 2.45) is 0 Å². The minimum atomic E-state index is -0.975. The van der Waals surface area contributed by atoms with Gasteiger partial charge in [0.25, 0.3) is 0 Å². The first-order chi connectivity index (χ1) is 12.0. The van der Waals surface area contributed by atoms with Crippen LogP contribution in [0.2, 0.25) is 0 Å². The second kappa shape index (κ2) is 7.76. The molecule has 0 radical (unpaired) electrons. The fraction of sp³-hybridized carbons (Fsp3) is 0.389. The van der Waals surface area contributed by atoms with E-state index in [1.807, 2.05) is 19.1 Å². The Kier molecular flexibility index (Phi) is 5.45. The van der Waals surface area contributed by atoms with Gasteiger partial charge in [-0.2, -0.15) is 0 Å². The van der Waals surface area contributed by atoms with Gasteiger partial charge in [-0.25, -0.2) is 8.78 Å². The number of benzene rings is 1. The standard InChI is InChI=1S/C18H21F2N3O2/c1-13(18(24)21-14-4-5-16(19)17(20)11-14)23-8-6-22(7-9-23)12-15-3-2-10-25-15/h2-5,10-11,13H,6-9,12H2,1H3,(H,21,24)/t13-/m1/s1. The fourth-order valence-corrected chi connectivity index (χ4v) is 2.92. The number of anilines is 1. The zero-order valence-corrected chi connectivity index (χ0v) is 14.0. The molecule has 5 nitrogen and oxygen atoms in total. The highest BCUT2D eigenvalue weighted by Gasteiger charge is 2.26. The molecule has 1 atom stereocenters. The first kappa shape index (κ1) is 17.6. The summed E-state index contributed by atoms with van der Waals surface area (Å²) in [6.07, 6.45) is 1.66. The lowest BCUT2D eigenvalue weighted by molar-refractivity contribution is -0.121. The largest absolute Gasteiger partial charge is 0.468 e. The van der Waals surface area contributed by atoms with Gasteiger partial charge in [-0.1, -0.05) is 0 Å². The molecule has 1 aliphatic rings. The Hall–Kier alpha value is -2.25. The van der Waals surface area contributed by atoms with E-state index in [-0.39, 0.29) is 17.6 Å². The van der Waals surface area contributed by atoms with E-state index in [2.05, 4.69) is 15.1 Å². The van der Waals surface area contributed by atoms with Crippen LogP contribution in [0.4, 0.5) is 14.5 Å². The molecule has 3 rings (SSSR count). The first-order valence-corrected chi connectivity index (χ1v) is 8.27. The molecule has 1 N–H and O–H groups in total. The third kappa shape index (κ3) is 4.43. The summed E-state index contributed by atoms with van der Waals surface area (Å²) >= 11 is 0. The van der Waals surface area contributed by atoms with Crippen molar-refractivity contribution in [3.05, 3.63) is 54.0 Å². The molecule has 0 spiro atoms. The summed E-state index contributed by atoms with van der Waals surface area (Å²) in [6, 6.07) is 6.81. The van der Waals surface area contributed by atoms with Gasteiger partial charge in [0.1, 0.15) is 5.76 Å². The van der Waals surface area contributed by atoms with Crippen LogP contribution in [-0.4, -0.2) is 47.9 Å². The van der Waals surface area contributed by atoms with Gasteiger partial charge in [-0.15, -0.1) is 0 Å². The SMILES string of the molecule is C[C@H](C(=O)Nc1ccc(F)c(F)c1)N1CCN(Cc2ccco2)CC1. The monoisotopic (exact) mass is 349 g/mol. The first-order valence-electron chi connectivity index (χ1n) is 8.27. The van der Waals surface area contributed by atoms with Gasteiger partial charge in [0.2, 0.25) is 5.91 Å². The number of hydrogen-bond acceptors (Lipinski definition) is 4. The van der Waals surface area contributed by atoms with Crippen LogP contribution >= 0.6 is 0 Å². The van der Waals surface area contributed by atoms with Crippen molar-refractivity contribution in [1.29, 1.82) is 0 Å². The summed E-state index contributed by atoms with van der Waals surface area (Å²) in [6.45, 7) is 5.76. The highest BCUT2D eigenvalue weighted by atomic mass is 19.2. The number of carbonyl (C=O) groups is 1. The molecular weight excluding hydrogens is 328 g/mol. The number of nitrogens with zero attached hydrogens (tertiary/aromatic N) is 2. The van der Waals surface area contributed by atoms with Crippen LogP contribution in [0, 0.1) is 11.6 Å². The third-order valence-electron chi connectivity index (χ3n) is 4.48. The molecule has 1 aromatic heterocycles. The number of amides is 1. The summed E-state index contributed by atoms with van der Waals surface area (Å²) in [5.41, 5.74) is 0.257. The van der Waals surface area contributed by atoms with E-state index >= 15 is 0 Å². The number of hydrogen-bond donors (Lipinski definition) is 1. The Morgan fingerprint density at radius 3 is 2.60 bits per heavy atom. The molecule has 1 aromatic carbocycles. The molecule has 25 heavy (non-hydrogen) atoms. The Morgan fingerprint density at radius 2 is 1.96 bits per heavy atom. The van der Waals surface area contributed by atoms with Gasteiger partial charge >= 0.3 is 0 Å². The fourth-order valence-electron chi connectivity index (χ4n) is 2.92. The van der Waals surface area contributed by atoms with E-state index in [0.29, 0.717) is 0 Å². The lowest BCUT2D eigenvalue weighted by Crippen LogP contribution is -2.52. The van der Waals surface area contributed by atoms with E-state index in [9.17, 15) is 13.6 Å². The van der Waals surface area contributed by atoms with Crippen molar-refractivity contribution in [2.45, 2.75) is 19.5 Å². The van der Waals surface area contributed by atoms with Crippen LogP contribution < -0.4 is 5.32 Å². The summed E-state index contributed by atoms with van der Waals surface area (Å²) < 4.78 is 31.5. The number of halogens is 2. The lowest BCUT2D eigenvalue weighted by Gasteiger charge is -2.37. The van der Waals surface area contributed by atoms with Gasteiger partial charge in [-0.05, 0) is 31.2 Å². The van der Waals surface area contributed by atoms with Crippen molar-refractivity contribution >= 4 is 11.6 Å². The number of carbonyl (C=O) groups excluding carboxylic acids is 1. The highest BCUT2D eigenvalue weighted by Crippen LogP contribution is 2.15. The minimum absolute atomic E-state index is 0.231. The lowest BCUT2D eigenvalue weighted by atomic mass is 10.2. The number of piperazine rings is 1. The van der Waals surface area contributed by atoms with E-state index < -0.39 is 11.6 Å². The molecule has 2 aromatic rings. The van der Waals surface area contributed by atoms with Crippen LogP contribution in [0.1, 0.15) is 12.7 Å². The van der Waals surface area contributed by atoms with Crippen molar-refractivity contribution in [2.75, 3.05) is 31.5 Å². The smallest absolute Gasteiger partial charge is 0.241 e. The second-order valence-corrected chi connectivity index (χ2v) is 6.19. The average molecular weight is 349 g/mol. The van der Waals surface area contributed by atoms with Crippen LogP contribution in [0.3, 0.4) is 0 Å². The highest BCUT2D eigenvalue weighted by molar-refractivity contribution is 5.94. The Bertz CT molecular complexity index is 713. The van der Waals surface area contributed by atoms with Crippen LogP contribution in [0.15, 0.2) is 41.0 Å². The van der Waals surface area contributed by atoms with E-state index in [4.69, 9.17) is 4.42 Å². The van der Waals surface area contributed by atoms with Crippen LogP contribution in [0.25, 0.3) is 0 Å². The molecule has 0 saturated carbocycles. The number of rotatable bonds is 5.